The van der Waals surface area contributed by atoms with E-state index in [1.807, 2.05) is 17.7 Å². The monoisotopic (exact) mass is 427 g/mol. The first kappa shape index (κ1) is 21.9. The summed E-state index contributed by atoms with van der Waals surface area (Å²) < 4.78 is 12.8. The fourth-order valence-corrected chi connectivity index (χ4v) is 4.78. The van der Waals surface area contributed by atoms with Crippen LogP contribution in [0.15, 0.2) is 18.6 Å². The molecule has 168 valence electrons. The molecule has 0 aromatic carbocycles. The summed E-state index contributed by atoms with van der Waals surface area (Å²) in [4.78, 5) is 26.8. The molecule has 2 aliphatic rings. The first-order chi connectivity index (χ1) is 15.1. The number of nitrogens with zero attached hydrogens (tertiary/aromatic N) is 4. The van der Waals surface area contributed by atoms with Crippen molar-refractivity contribution in [2.24, 2.45) is 7.05 Å². The van der Waals surface area contributed by atoms with Crippen LogP contribution in [0.25, 0.3) is 11.5 Å². The molecule has 8 heteroatoms. The quantitative estimate of drug-likeness (QED) is 0.761. The van der Waals surface area contributed by atoms with Crippen molar-refractivity contribution < 1.29 is 14.3 Å². The smallest absolute Gasteiger partial charge is 0.270 e. The predicted molar refractivity (Wildman–Crippen MR) is 117 cm³/mol. The first-order valence-corrected chi connectivity index (χ1v) is 11.3. The highest BCUT2D eigenvalue weighted by Gasteiger charge is 2.27. The molecular weight excluding hydrogens is 394 g/mol. The largest absolute Gasteiger partial charge is 0.381 e. The Kier molecular flexibility index (Phi) is 6.97. The van der Waals surface area contributed by atoms with Crippen molar-refractivity contribution in [2.75, 3.05) is 14.2 Å². The standard InChI is InChI=1S/C23H33N5O3/c1-28-14-24-13-21(28)22-26-19(15-4-8-17(30-2)9-5-15)12-20(27-22)23(29)25-16-6-10-18(31-3)11-7-16/h12-18H,4-11H2,1-3H3,(H,25,29). The van der Waals surface area contributed by atoms with Gasteiger partial charge in [-0.2, -0.15) is 0 Å². The summed E-state index contributed by atoms with van der Waals surface area (Å²) in [5.74, 6) is 0.739. The van der Waals surface area contributed by atoms with Gasteiger partial charge in [0.1, 0.15) is 11.4 Å². The molecule has 1 N–H and O–H groups in total. The Morgan fingerprint density at radius 3 is 2.23 bits per heavy atom. The summed E-state index contributed by atoms with van der Waals surface area (Å²) in [7, 11) is 5.45. The number of aryl methyl sites for hydroxylation is 1. The third-order valence-electron chi connectivity index (χ3n) is 6.79. The molecule has 2 heterocycles. The number of imidazole rings is 1. The third kappa shape index (κ3) is 5.13. The van der Waals surface area contributed by atoms with Gasteiger partial charge in [-0.1, -0.05) is 0 Å². The van der Waals surface area contributed by atoms with Crippen LogP contribution in [0.2, 0.25) is 0 Å². The highest BCUT2D eigenvalue weighted by atomic mass is 16.5. The number of nitrogens with one attached hydrogen (secondary N) is 1. The fourth-order valence-electron chi connectivity index (χ4n) is 4.78. The van der Waals surface area contributed by atoms with E-state index < -0.39 is 0 Å². The van der Waals surface area contributed by atoms with Crippen LogP contribution in [-0.4, -0.2) is 57.9 Å². The molecule has 4 rings (SSSR count). The number of rotatable bonds is 6. The van der Waals surface area contributed by atoms with E-state index in [2.05, 4.69) is 15.3 Å². The molecule has 31 heavy (non-hydrogen) atoms. The van der Waals surface area contributed by atoms with E-state index in [1.165, 1.54) is 0 Å². The van der Waals surface area contributed by atoms with Gasteiger partial charge in [0, 0.05) is 38.9 Å². The van der Waals surface area contributed by atoms with Crippen molar-refractivity contribution in [1.82, 2.24) is 24.8 Å². The summed E-state index contributed by atoms with van der Waals surface area (Å²) in [6.07, 6.45) is 11.9. The zero-order valence-corrected chi connectivity index (χ0v) is 18.7. The Labute approximate surface area is 183 Å². The molecule has 0 saturated heterocycles. The lowest BCUT2D eigenvalue weighted by molar-refractivity contribution is 0.0598. The minimum absolute atomic E-state index is 0.126. The Balaban J connectivity index is 1.56. The van der Waals surface area contributed by atoms with E-state index in [0.717, 1.165) is 62.8 Å². The van der Waals surface area contributed by atoms with Crippen LogP contribution in [0.5, 0.6) is 0 Å². The van der Waals surface area contributed by atoms with Crippen molar-refractivity contribution in [3.05, 3.63) is 30.0 Å². The second-order valence-electron chi connectivity index (χ2n) is 8.78. The molecule has 0 spiro atoms. The number of carbonyl (C=O) groups is 1. The van der Waals surface area contributed by atoms with Gasteiger partial charge >= 0.3 is 0 Å². The predicted octanol–water partition coefficient (Wildman–Crippen LogP) is 3.24. The number of methoxy groups -OCH3 is 2. The van der Waals surface area contributed by atoms with Crippen LogP contribution >= 0.6 is 0 Å². The Bertz CT molecular complexity index is 883. The van der Waals surface area contributed by atoms with Gasteiger partial charge in [0.2, 0.25) is 0 Å². The Morgan fingerprint density at radius 2 is 1.65 bits per heavy atom. The topological polar surface area (TPSA) is 91.2 Å². The third-order valence-corrected chi connectivity index (χ3v) is 6.79. The molecule has 0 bridgehead atoms. The minimum atomic E-state index is -0.126. The maximum atomic E-state index is 13.1. The van der Waals surface area contributed by atoms with Crippen LogP contribution in [0.4, 0.5) is 0 Å². The number of amides is 1. The second kappa shape index (κ2) is 9.87. The molecule has 2 aromatic rings. The number of carbonyl (C=O) groups excluding carboxylic acids is 1. The molecule has 2 fully saturated rings. The normalized spacial score (nSPS) is 26.5. The van der Waals surface area contributed by atoms with E-state index in [4.69, 9.17) is 14.5 Å². The van der Waals surface area contributed by atoms with Gasteiger partial charge in [0.25, 0.3) is 5.91 Å². The van der Waals surface area contributed by atoms with Gasteiger partial charge in [-0.15, -0.1) is 0 Å². The summed E-state index contributed by atoms with van der Waals surface area (Å²) in [5, 5.41) is 3.19. The van der Waals surface area contributed by atoms with Crippen molar-refractivity contribution >= 4 is 5.91 Å². The molecule has 0 radical (unpaired) electrons. The Hall–Kier alpha value is -2.32. The number of hydrogen-bond donors (Lipinski definition) is 1. The molecule has 2 aliphatic carbocycles. The van der Waals surface area contributed by atoms with Gasteiger partial charge in [0.15, 0.2) is 5.82 Å². The zero-order chi connectivity index (χ0) is 21.8. The Morgan fingerprint density at radius 1 is 1.00 bits per heavy atom. The van der Waals surface area contributed by atoms with Crippen LogP contribution < -0.4 is 5.32 Å². The highest BCUT2D eigenvalue weighted by molar-refractivity contribution is 5.93. The van der Waals surface area contributed by atoms with Crippen molar-refractivity contribution in [3.63, 3.8) is 0 Å². The number of hydrogen-bond acceptors (Lipinski definition) is 6. The minimum Gasteiger partial charge on any atom is -0.381 e. The van der Waals surface area contributed by atoms with Crippen molar-refractivity contribution in [1.29, 1.82) is 0 Å². The molecule has 2 aromatic heterocycles. The van der Waals surface area contributed by atoms with Crippen LogP contribution in [-0.2, 0) is 16.5 Å². The summed E-state index contributed by atoms with van der Waals surface area (Å²) in [6, 6.07) is 2.04. The number of aromatic nitrogens is 4. The van der Waals surface area contributed by atoms with Crippen molar-refractivity contribution in [2.45, 2.75) is 75.5 Å². The van der Waals surface area contributed by atoms with E-state index >= 15 is 0 Å². The lowest BCUT2D eigenvalue weighted by Crippen LogP contribution is -2.39. The highest BCUT2D eigenvalue weighted by Crippen LogP contribution is 2.34. The number of ether oxygens (including phenoxy) is 2. The van der Waals surface area contributed by atoms with E-state index in [0.29, 0.717) is 29.6 Å². The lowest BCUT2D eigenvalue weighted by Gasteiger charge is -2.28. The molecule has 8 nitrogen and oxygen atoms in total. The SMILES string of the molecule is COC1CCC(NC(=O)c2cc(C3CCC(OC)CC3)nc(-c3cncn3C)n2)CC1. The van der Waals surface area contributed by atoms with E-state index in [9.17, 15) is 4.79 Å². The summed E-state index contributed by atoms with van der Waals surface area (Å²) in [5.41, 5.74) is 2.18. The molecule has 0 unspecified atom stereocenters. The molecule has 1 amide bonds. The van der Waals surface area contributed by atoms with Gasteiger partial charge in [0.05, 0.1) is 24.7 Å². The van der Waals surface area contributed by atoms with E-state index in [-0.39, 0.29) is 11.9 Å². The van der Waals surface area contributed by atoms with Crippen molar-refractivity contribution in [3.8, 4) is 11.5 Å². The van der Waals surface area contributed by atoms with Gasteiger partial charge in [-0.05, 0) is 57.4 Å². The van der Waals surface area contributed by atoms with Gasteiger partial charge < -0.3 is 19.4 Å². The average molecular weight is 428 g/mol. The summed E-state index contributed by atoms with van der Waals surface area (Å²) >= 11 is 0. The van der Waals surface area contributed by atoms with Crippen LogP contribution in [0.1, 0.15) is 73.5 Å². The molecular formula is C23H33N5O3. The molecule has 0 atom stereocenters. The maximum absolute atomic E-state index is 13.1. The maximum Gasteiger partial charge on any atom is 0.270 e. The van der Waals surface area contributed by atoms with Crippen LogP contribution in [0.3, 0.4) is 0 Å². The van der Waals surface area contributed by atoms with Gasteiger partial charge in [-0.25, -0.2) is 15.0 Å². The second-order valence-corrected chi connectivity index (χ2v) is 8.78. The first-order valence-electron chi connectivity index (χ1n) is 11.3. The molecule has 0 aliphatic heterocycles. The van der Waals surface area contributed by atoms with Gasteiger partial charge in [-0.3, -0.25) is 4.79 Å². The fraction of sp³-hybridized carbons (Fsp3) is 0.652. The summed E-state index contributed by atoms with van der Waals surface area (Å²) in [6.45, 7) is 0. The molecule has 2 saturated carbocycles. The average Bonchev–Trinajstić information content (AvgIpc) is 3.25. The lowest BCUT2D eigenvalue weighted by atomic mass is 9.85. The zero-order valence-electron chi connectivity index (χ0n) is 18.7. The van der Waals surface area contributed by atoms with Crippen LogP contribution in [0, 0.1) is 0 Å². The van der Waals surface area contributed by atoms with E-state index in [1.54, 1.807) is 26.7 Å².